The van der Waals surface area contributed by atoms with E-state index in [0.717, 1.165) is 64.9 Å². The molecule has 188 valence electrons. The normalized spacial score (nSPS) is 11.2. The summed E-state index contributed by atoms with van der Waals surface area (Å²) in [6.07, 6.45) is 9.35. The lowest BCUT2D eigenvalue weighted by Gasteiger charge is -2.12. The molecule has 5 aromatic rings. The predicted molar refractivity (Wildman–Crippen MR) is 145 cm³/mol. The molecule has 0 bridgehead atoms. The van der Waals surface area contributed by atoms with E-state index in [1.54, 1.807) is 12.4 Å². The molecular formula is C29H31N7O. The van der Waals surface area contributed by atoms with Crippen LogP contribution in [0.25, 0.3) is 28.2 Å². The first-order valence-corrected chi connectivity index (χ1v) is 12.8. The summed E-state index contributed by atoms with van der Waals surface area (Å²) in [5.41, 5.74) is 8.24. The third-order valence-corrected chi connectivity index (χ3v) is 6.66. The van der Waals surface area contributed by atoms with Crippen LogP contribution in [-0.2, 0) is 19.4 Å². The molecule has 0 amide bonds. The topological polar surface area (TPSA) is 94.3 Å². The Hall–Kier alpha value is -4.33. The number of H-pyrrole nitrogens is 1. The lowest BCUT2D eigenvalue weighted by molar-refractivity contribution is 0.690. The Morgan fingerprint density at radius 1 is 0.946 bits per heavy atom. The molecular weight excluding hydrogens is 462 g/mol. The van der Waals surface area contributed by atoms with Crippen LogP contribution in [0.2, 0.25) is 0 Å². The second kappa shape index (κ2) is 10.7. The highest BCUT2D eigenvalue weighted by atomic mass is 16.1. The van der Waals surface area contributed by atoms with E-state index in [4.69, 9.17) is 0 Å². The van der Waals surface area contributed by atoms with Gasteiger partial charge in [-0.05, 0) is 53.3 Å². The number of rotatable bonds is 9. The van der Waals surface area contributed by atoms with Crippen molar-refractivity contribution in [1.29, 1.82) is 0 Å². The highest BCUT2D eigenvalue weighted by molar-refractivity contribution is 5.79. The smallest absolute Gasteiger partial charge is 0.292 e. The van der Waals surface area contributed by atoms with Gasteiger partial charge in [0.2, 0.25) is 5.82 Å². The largest absolute Gasteiger partial charge is 0.333 e. The number of hydrogen-bond acceptors (Lipinski definition) is 5. The Labute approximate surface area is 216 Å². The van der Waals surface area contributed by atoms with Crippen molar-refractivity contribution in [2.45, 2.75) is 53.0 Å². The van der Waals surface area contributed by atoms with Crippen LogP contribution in [-0.4, -0.2) is 34.7 Å². The van der Waals surface area contributed by atoms with Crippen molar-refractivity contribution < 1.29 is 0 Å². The summed E-state index contributed by atoms with van der Waals surface area (Å²) in [6, 6.07) is 16.4. The highest BCUT2D eigenvalue weighted by Gasteiger charge is 2.17. The maximum atomic E-state index is 13.7. The second-order valence-electron chi connectivity index (χ2n) is 9.30. The van der Waals surface area contributed by atoms with E-state index in [1.807, 2.05) is 21.4 Å². The summed E-state index contributed by atoms with van der Waals surface area (Å²) in [7, 11) is 0. The third kappa shape index (κ3) is 4.87. The molecule has 0 saturated heterocycles. The molecule has 0 spiro atoms. The van der Waals surface area contributed by atoms with Crippen LogP contribution in [0.5, 0.6) is 0 Å². The zero-order valence-electron chi connectivity index (χ0n) is 21.5. The number of benzene rings is 2. The standard InChI is InChI=1S/C29H31N7O/c1-4-7-23-10-6-9-20(3)27(23)36-19-24(8-5-2)35(29(36)37)18-21-11-13-22(14-12-21)26-17-30-16-15-25(26)28-31-33-34-32-28/h6,9-17,19H,4-5,7-8,18H2,1-3H3,(H,31,32,33,34). The Bertz CT molecular complexity index is 1550. The molecule has 2 aromatic carbocycles. The maximum absolute atomic E-state index is 13.7. The second-order valence-corrected chi connectivity index (χ2v) is 9.30. The van der Waals surface area contributed by atoms with Gasteiger partial charge in [0.1, 0.15) is 0 Å². The van der Waals surface area contributed by atoms with Crippen molar-refractivity contribution in [3.63, 3.8) is 0 Å². The number of nitrogens with zero attached hydrogens (tertiary/aromatic N) is 6. The molecule has 0 radical (unpaired) electrons. The SMILES string of the molecule is CCCc1cccc(C)c1-n1cc(CCC)n(Cc2ccc(-c3cnccc3-c3nn[nH]n3)cc2)c1=O. The van der Waals surface area contributed by atoms with Gasteiger partial charge in [0.25, 0.3) is 0 Å². The number of aryl methyl sites for hydroxylation is 3. The molecule has 0 aliphatic carbocycles. The maximum Gasteiger partial charge on any atom is 0.333 e. The van der Waals surface area contributed by atoms with Crippen molar-refractivity contribution in [3.8, 4) is 28.2 Å². The molecule has 37 heavy (non-hydrogen) atoms. The molecule has 1 N–H and O–H groups in total. The first-order valence-electron chi connectivity index (χ1n) is 12.8. The number of aromatic nitrogens is 7. The molecule has 0 fully saturated rings. The Morgan fingerprint density at radius 3 is 2.49 bits per heavy atom. The van der Waals surface area contributed by atoms with E-state index < -0.39 is 0 Å². The number of imidazole rings is 1. The highest BCUT2D eigenvalue weighted by Crippen LogP contribution is 2.29. The monoisotopic (exact) mass is 493 g/mol. The zero-order chi connectivity index (χ0) is 25.8. The Morgan fingerprint density at radius 2 is 1.76 bits per heavy atom. The van der Waals surface area contributed by atoms with E-state index in [9.17, 15) is 4.79 Å². The first kappa shape index (κ1) is 24.4. The molecule has 8 nitrogen and oxygen atoms in total. The van der Waals surface area contributed by atoms with E-state index in [0.29, 0.717) is 12.4 Å². The average Bonchev–Trinajstić information content (AvgIpc) is 3.55. The van der Waals surface area contributed by atoms with E-state index >= 15 is 0 Å². The summed E-state index contributed by atoms with van der Waals surface area (Å²) < 4.78 is 3.77. The molecule has 0 unspecified atom stereocenters. The van der Waals surface area contributed by atoms with Gasteiger partial charge in [-0.3, -0.25) is 14.1 Å². The quantitative estimate of drug-likeness (QED) is 0.307. The van der Waals surface area contributed by atoms with E-state index in [1.165, 1.54) is 5.56 Å². The fourth-order valence-electron chi connectivity index (χ4n) is 4.92. The summed E-state index contributed by atoms with van der Waals surface area (Å²) >= 11 is 0. The van der Waals surface area contributed by atoms with Gasteiger partial charge in [0, 0.05) is 35.4 Å². The van der Waals surface area contributed by atoms with Crippen molar-refractivity contribution in [3.05, 3.63) is 100.0 Å². The van der Waals surface area contributed by atoms with Crippen LogP contribution in [0, 0.1) is 6.92 Å². The summed E-state index contributed by atoms with van der Waals surface area (Å²) in [4.78, 5) is 18.0. The molecule has 0 atom stereocenters. The van der Waals surface area contributed by atoms with Crippen molar-refractivity contribution in [1.82, 2.24) is 34.7 Å². The van der Waals surface area contributed by atoms with Crippen LogP contribution in [0.1, 0.15) is 49.1 Å². The van der Waals surface area contributed by atoms with Crippen LogP contribution in [0.3, 0.4) is 0 Å². The van der Waals surface area contributed by atoms with Crippen LogP contribution in [0.15, 0.2) is 71.9 Å². The number of aromatic amines is 1. The fraction of sp³-hybridized carbons (Fsp3) is 0.276. The number of hydrogen-bond donors (Lipinski definition) is 1. The minimum Gasteiger partial charge on any atom is -0.292 e. The van der Waals surface area contributed by atoms with Gasteiger partial charge in [-0.15, -0.1) is 10.2 Å². The summed E-state index contributed by atoms with van der Waals surface area (Å²) in [5, 5.41) is 14.4. The van der Waals surface area contributed by atoms with Gasteiger partial charge >= 0.3 is 5.69 Å². The van der Waals surface area contributed by atoms with Crippen molar-refractivity contribution in [2.75, 3.05) is 0 Å². The van der Waals surface area contributed by atoms with Gasteiger partial charge < -0.3 is 0 Å². The summed E-state index contributed by atoms with van der Waals surface area (Å²) in [5.74, 6) is 0.525. The average molecular weight is 494 g/mol. The number of nitrogens with one attached hydrogen (secondary N) is 1. The van der Waals surface area contributed by atoms with Crippen molar-refractivity contribution in [2.24, 2.45) is 0 Å². The number of tetrazole rings is 1. The van der Waals surface area contributed by atoms with Gasteiger partial charge in [-0.2, -0.15) is 5.21 Å². The van der Waals surface area contributed by atoms with E-state index in [-0.39, 0.29) is 5.69 Å². The first-order chi connectivity index (χ1) is 18.1. The minimum atomic E-state index is 0.00540. The molecule has 5 rings (SSSR count). The van der Waals surface area contributed by atoms with Crippen LogP contribution >= 0.6 is 0 Å². The van der Waals surface area contributed by atoms with Gasteiger partial charge in [-0.1, -0.05) is 69.2 Å². The molecule has 3 aromatic heterocycles. The third-order valence-electron chi connectivity index (χ3n) is 6.66. The molecule has 0 aliphatic rings. The lowest BCUT2D eigenvalue weighted by Crippen LogP contribution is -2.25. The van der Waals surface area contributed by atoms with Gasteiger partial charge in [0.05, 0.1) is 12.2 Å². The Balaban J connectivity index is 1.49. The fourth-order valence-corrected chi connectivity index (χ4v) is 4.92. The van der Waals surface area contributed by atoms with Gasteiger partial charge in [-0.25, -0.2) is 4.79 Å². The molecule has 8 heteroatoms. The molecule has 0 aliphatic heterocycles. The molecule has 3 heterocycles. The van der Waals surface area contributed by atoms with Crippen molar-refractivity contribution >= 4 is 0 Å². The van der Waals surface area contributed by atoms with Crippen LogP contribution < -0.4 is 5.69 Å². The van der Waals surface area contributed by atoms with Gasteiger partial charge in [0.15, 0.2) is 0 Å². The van der Waals surface area contributed by atoms with E-state index in [2.05, 4.69) is 88.8 Å². The predicted octanol–water partition coefficient (Wildman–Crippen LogP) is 5.14. The minimum absolute atomic E-state index is 0.00540. The number of para-hydroxylation sites is 1. The van der Waals surface area contributed by atoms with Crippen LogP contribution in [0.4, 0.5) is 0 Å². The molecule has 0 saturated carbocycles. The Kier molecular flexibility index (Phi) is 7.07. The lowest BCUT2D eigenvalue weighted by atomic mass is 10.0. The summed E-state index contributed by atoms with van der Waals surface area (Å²) in [6.45, 7) is 6.91. The zero-order valence-corrected chi connectivity index (χ0v) is 21.5. The number of pyridine rings is 1.